The van der Waals surface area contributed by atoms with E-state index in [1.54, 1.807) is 0 Å². The van der Waals surface area contributed by atoms with Crippen molar-refractivity contribution in [3.05, 3.63) is 59.4 Å². The minimum absolute atomic E-state index is 0.643. The first-order chi connectivity index (χ1) is 9.72. The predicted molar refractivity (Wildman–Crippen MR) is 82.5 cm³/mol. The molecule has 2 heteroatoms. The van der Waals surface area contributed by atoms with E-state index in [1.165, 1.54) is 41.0 Å². The molecule has 1 aliphatic carbocycles. The highest BCUT2D eigenvalue weighted by Gasteiger charge is 2.30. The van der Waals surface area contributed by atoms with Gasteiger partial charge in [-0.3, -0.25) is 4.57 Å². The number of hydrogen-bond acceptors (Lipinski definition) is 1. The summed E-state index contributed by atoms with van der Waals surface area (Å²) in [6.07, 6.45) is 2.54. The summed E-state index contributed by atoms with van der Waals surface area (Å²) < 4.78 is 2.35. The Morgan fingerprint density at radius 1 is 0.950 bits per heavy atom. The molecule has 1 heterocycles. The standard InChI is InChI=1S/C18H18N2/c1-12-3-8-15(9-4-12)20-17-11-13(2)5-10-16(17)19-18(20)14-6-7-14/h3-5,8-11,14H,6-7H2,1-2H3. The number of benzene rings is 2. The number of aromatic nitrogens is 2. The first-order valence-electron chi connectivity index (χ1n) is 7.28. The van der Waals surface area contributed by atoms with Crippen molar-refractivity contribution in [2.45, 2.75) is 32.6 Å². The molecule has 3 aromatic rings. The van der Waals surface area contributed by atoms with Crippen molar-refractivity contribution in [2.24, 2.45) is 0 Å². The Morgan fingerprint density at radius 2 is 1.65 bits per heavy atom. The smallest absolute Gasteiger partial charge is 0.117 e. The number of imidazole rings is 1. The Hall–Kier alpha value is -2.09. The first kappa shape index (κ1) is 11.7. The van der Waals surface area contributed by atoms with E-state index in [1.807, 2.05) is 0 Å². The molecule has 1 saturated carbocycles. The maximum atomic E-state index is 4.88. The van der Waals surface area contributed by atoms with E-state index in [4.69, 9.17) is 4.98 Å². The Kier molecular flexibility index (Phi) is 2.46. The van der Waals surface area contributed by atoms with Gasteiger partial charge in [-0.1, -0.05) is 23.8 Å². The maximum absolute atomic E-state index is 4.88. The molecule has 20 heavy (non-hydrogen) atoms. The van der Waals surface area contributed by atoms with Crippen LogP contribution >= 0.6 is 0 Å². The summed E-state index contributed by atoms with van der Waals surface area (Å²) in [7, 11) is 0. The van der Waals surface area contributed by atoms with Crippen LogP contribution in [0.3, 0.4) is 0 Å². The van der Waals surface area contributed by atoms with Gasteiger partial charge in [0.25, 0.3) is 0 Å². The van der Waals surface area contributed by atoms with E-state index in [0.717, 1.165) is 5.52 Å². The van der Waals surface area contributed by atoms with E-state index >= 15 is 0 Å². The second kappa shape index (κ2) is 4.20. The van der Waals surface area contributed by atoms with Gasteiger partial charge in [-0.05, 0) is 56.5 Å². The molecular weight excluding hydrogens is 244 g/mol. The van der Waals surface area contributed by atoms with E-state index in [9.17, 15) is 0 Å². The normalized spacial score (nSPS) is 14.9. The Morgan fingerprint density at radius 3 is 2.35 bits per heavy atom. The van der Waals surface area contributed by atoms with Crippen LogP contribution in [0.5, 0.6) is 0 Å². The minimum Gasteiger partial charge on any atom is -0.296 e. The molecule has 2 nitrogen and oxygen atoms in total. The highest BCUT2D eigenvalue weighted by molar-refractivity contribution is 5.79. The molecular formula is C18H18N2. The summed E-state index contributed by atoms with van der Waals surface area (Å²) in [4.78, 5) is 4.88. The van der Waals surface area contributed by atoms with Gasteiger partial charge in [0.15, 0.2) is 0 Å². The van der Waals surface area contributed by atoms with Crippen molar-refractivity contribution in [1.82, 2.24) is 9.55 Å². The third-order valence-corrected chi connectivity index (χ3v) is 4.07. The van der Waals surface area contributed by atoms with E-state index in [2.05, 4.69) is 60.9 Å². The summed E-state index contributed by atoms with van der Waals surface area (Å²) in [5, 5.41) is 0. The van der Waals surface area contributed by atoms with Gasteiger partial charge < -0.3 is 0 Å². The number of fused-ring (bicyclic) bond motifs is 1. The van der Waals surface area contributed by atoms with Crippen LogP contribution < -0.4 is 0 Å². The molecule has 1 aromatic heterocycles. The molecule has 0 atom stereocenters. The predicted octanol–water partition coefficient (Wildman–Crippen LogP) is 4.52. The fourth-order valence-corrected chi connectivity index (χ4v) is 2.78. The fourth-order valence-electron chi connectivity index (χ4n) is 2.78. The Labute approximate surface area is 119 Å². The minimum atomic E-state index is 0.643. The lowest BCUT2D eigenvalue weighted by atomic mass is 10.2. The summed E-state index contributed by atoms with van der Waals surface area (Å²) in [5.41, 5.74) is 6.15. The lowest BCUT2D eigenvalue weighted by molar-refractivity contribution is 0.896. The number of nitrogens with zero attached hydrogens (tertiary/aromatic N) is 2. The molecule has 0 unspecified atom stereocenters. The van der Waals surface area contributed by atoms with E-state index in [0.29, 0.717) is 5.92 Å². The fraction of sp³-hybridized carbons (Fsp3) is 0.278. The van der Waals surface area contributed by atoms with Gasteiger partial charge in [-0.2, -0.15) is 0 Å². The van der Waals surface area contributed by atoms with Crippen molar-refractivity contribution in [2.75, 3.05) is 0 Å². The molecule has 2 aromatic carbocycles. The average Bonchev–Trinajstić information content (AvgIpc) is 3.22. The molecule has 0 spiro atoms. The number of aryl methyl sites for hydroxylation is 2. The van der Waals surface area contributed by atoms with Crippen molar-refractivity contribution in [1.29, 1.82) is 0 Å². The molecule has 0 saturated heterocycles. The lowest BCUT2D eigenvalue weighted by Gasteiger charge is -2.09. The second-order valence-corrected chi connectivity index (χ2v) is 5.91. The van der Waals surface area contributed by atoms with Crippen LogP contribution in [0.25, 0.3) is 16.7 Å². The molecule has 4 rings (SSSR count). The van der Waals surface area contributed by atoms with Gasteiger partial charge in [-0.15, -0.1) is 0 Å². The van der Waals surface area contributed by atoms with Crippen molar-refractivity contribution >= 4 is 11.0 Å². The van der Waals surface area contributed by atoms with Gasteiger partial charge >= 0.3 is 0 Å². The summed E-state index contributed by atoms with van der Waals surface area (Å²) >= 11 is 0. The topological polar surface area (TPSA) is 17.8 Å². The van der Waals surface area contributed by atoms with Gasteiger partial charge in [0.2, 0.25) is 0 Å². The maximum Gasteiger partial charge on any atom is 0.117 e. The third kappa shape index (κ3) is 1.83. The molecule has 100 valence electrons. The van der Waals surface area contributed by atoms with Gasteiger partial charge in [0, 0.05) is 11.6 Å². The van der Waals surface area contributed by atoms with E-state index < -0.39 is 0 Å². The molecule has 1 fully saturated rings. The van der Waals surface area contributed by atoms with Gasteiger partial charge in [0.1, 0.15) is 5.82 Å². The van der Waals surface area contributed by atoms with Crippen LogP contribution in [0.2, 0.25) is 0 Å². The van der Waals surface area contributed by atoms with Crippen molar-refractivity contribution in [3.63, 3.8) is 0 Å². The monoisotopic (exact) mass is 262 g/mol. The summed E-state index contributed by atoms with van der Waals surface area (Å²) in [5.74, 6) is 1.87. The zero-order chi connectivity index (χ0) is 13.7. The Balaban J connectivity index is 2.01. The highest BCUT2D eigenvalue weighted by atomic mass is 15.1. The van der Waals surface area contributed by atoms with Crippen molar-refractivity contribution in [3.8, 4) is 5.69 Å². The molecule has 0 radical (unpaired) electrons. The SMILES string of the molecule is Cc1ccc(-n2c(C3CC3)nc3ccc(C)cc32)cc1. The van der Waals surface area contributed by atoms with Crippen molar-refractivity contribution < 1.29 is 0 Å². The quantitative estimate of drug-likeness (QED) is 0.664. The Bertz CT molecular complexity index is 777. The molecule has 0 bridgehead atoms. The van der Waals surface area contributed by atoms with Crippen LogP contribution in [0, 0.1) is 13.8 Å². The number of hydrogen-bond donors (Lipinski definition) is 0. The van der Waals surface area contributed by atoms with Crippen LogP contribution in [-0.4, -0.2) is 9.55 Å². The third-order valence-electron chi connectivity index (χ3n) is 4.07. The van der Waals surface area contributed by atoms with Gasteiger partial charge in [-0.25, -0.2) is 4.98 Å². The highest BCUT2D eigenvalue weighted by Crippen LogP contribution is 2.41. The van der Waals surface area contributed by atoms with Gasteiger partial charge in [0.05, 0.1) is 11.0 Å². The molecule has 0 aliphatic heterocycles. The molecule has 0 N–H and O–H groups in total. The van der Waals surface area contributed by atoms with Crippen LogP contribution in [0.1, 0.15) is 35.7 Å². The second-order valence-electron chi connectivity index (χ2n) is 5.91. The summed E-state index contributed by atoms with van der Waals surface area (Å²) in [6.45, 7) is 4.27. The zero-order valence-corrected chi connectivity index (χ0v) is 11.9. The summed E-state index contributed by atoms with van der Waals surface area (Å²) in [6, 6.07) is 15.3. The average molecular weight is 262 g/mol. The zero-order valence-electron chi connectivity index (χ0n) is 11.9. The molecule has 0 amide bonds. The largest absolute Gasteiger partial charge is 0.296 e. The van der Waals surface area contributed by atoms with Crippen LogP contribution in [0.4, 0.5) is 0 Å². The first-order valence-corrected chi connectivity index (χ1v) is 7.28. The lowest BCUT2D eigenvalue weighted by Crippen LogP contribution is -1.99. The molecule has 1 aliphatic rings. The number of rotatable bonds is 2. The van der Waals surface area contributed by atoms with Crippen LogP contribution in [-0.2, 0) is 0 Å². The van der Waals surface area contributed by atoms with Crippen LogP contribution in [0.15, 0.2) is 42.5 Å². The van der Waals surface area contributed by atoms with E-state index in [-0.39, 0.29) is 0 Å².